The van der Waals surface area contributed by atoms with Gasteiger partial charge < -0.3 is 10.2 Å². The molecular formula is C25H34FN3O4S. The smallest absolute Gasteiger partial charge is 0.244 e. The molecule has 0 heterocycles. The lowest BCUT2D eigenvalue weighted by Gasteiger charge is -2.33. The standard InChI is InChI=1S/C25H34FN3O4S/c1-7-22(25(31)27-17(2)3)28(15-20-9-11-21(26)12-10-20)24(30)16-29(34(6,32)33)23-13-8-18(4)14-19(23)5/h8-14,17,22H,7,15-16H2,1-6H3,(H,27,31). The molecule has 0 aromatic heterocycles. The number of nitrogens with one attached hydrogen (secondary N) is 1. The number of hydrogen-bond donors (Lipinski definition) is 1. The van der Waals surface area contributed by atoms with Gasteiger partial charge in [0, 0.05) is 12.6 Å². The van der Waals surface area contributed by atoms with Crippen molar-refractivity contribution in [2.24, 2.45) is 0 Å². The van der Waals surface area contributed by atoms with Crippen molar-refractivity contribution < 1.29 is 22.4 Å². The van der Waals surface area contributed by atoms with E-state index in [1.165, 1.54) is 17.0 Å². The molecule has 2 rings (SSSR count). The van der Waals surface area contributed by atoms with Gasteiger partial charge >= 0.3 is 0 Å². The first-order chi connectivity index (χ1) is 15.8. The van der Waals surface area contributed by atoms with Crippen LogP contribution < -0.4 is 9.62 Å². The van der Waals surface area contributed by atoms with Gasteiger partial charge in [-0.25, -0.2) is 12.8 Å². The molecule has 186 valence electrons. The number of benzene rings is 2. The van der Waals surface area contributed by atoms with Crippen LogP contribution in [0.3, 0.4) is 0 Å². The van der Waals surface area contributed by atoms with E-state index in [1.54, 1.807) is 38.1 Å². The minimum Gasteiger partial charge on any atom is -0.352 e. The summed E-state index contributed by atoms with van der Waals surface area (Å²) in [6.45, 7) is 8.68. The third-order valence-electron chi connectivity index (χ3n) is 5.38. The number of halogens is 1. The van der Waals surface area contributed by atoms with E-state index in [2.05, 4.69) is 5.32 Å². The first kappa shape index (κ1) is 27.3. The molecule has 0 aliphatic rings. The van der Waals surface area contributed by atoms with Crippen molar-refractivity contribution in [3.63, 3.8) is 0 Å². The van der Waals surface area contributed by atoms with Gasteiger partial charge in [-0.3, -0.25) is 13.9 Å². The molecule has 0 spiro atoms. The molecule has 0 aliphatic carbocycles. The van der Waals surface area contributed by atoms with E-state index in [0.29, 0.717) is 23.2 Å². The number of anilines is 1. The second kappa shape index (κ2) is 11.5. The summed E-state index contributed by atoms with van der Waals surface area (Å²) < 4.78 is 39.8. The Morgan fingerprint density at radius 1 is 1.06 bits per heavy atom. The van der Waals surface area contributed by atoms with Crippen LogP contribution in [0.15, 0.2) is 42.5 Å². The monoisotopic (exact) mass is 491 g/mol. The molecule has 0 fully saturated rings. The average Bonchev–Trinajstić information content (AvgIpc) is 2.72. The zero-order valence-corrected chi connectivity index (χ0v) is 21.4. The fraction of sp³-hybridized carbons (Fsp3) is 0.440. The fourth-order valence-corrected chi connectivity index (χ4v) is 4.67. The van der Waals surface area contributed by atoms with Crippen LogP contribution in [0.5, 0.6) is 0 Å². The number of carbonyl (C=O) groups excluding carboxylic acids is 2. The van der Waals surface area contributed by atoms with Crippen LogP contribution in [0.4, 0.5) is 10.1 Å². The Morgan fingerprint density at radius 3 is 2.18 bits per heavy atom. The maximum absolute atomic E-state index is 13.6. The van der Waals surface area contributed by atoms with Gasteiger partial charge in [-0.05, 0) is 63.4 Å². The Bertz CT molecular complexity index is 1120. The summed E-state index contributed by atoms with van der Waals surface area (Å²) in [5.41, 5.74) is 2.72. The molecule has 9 heteroatoms. The van der Waals surface area contributed by atoms with Gasteiger partial charge in [0.2, 0.25) is 21.8 Å². The summed E-state index contributed by atoms with van der Waals surface area (Å²) in [7, 11) is -3.80. The maximum atomic E-state index is 13.6. The highest BCUT2D eigenvalue weighted by Crippen LogP contribution is 2.24. The number of amides is 2. The van der Waals surface area contributed by atoms with Crippen LogP contribution in [0.25, 0.3) is 0 Å². The molecule has 1 N–H and O–H groups in total. The third-order valence-corrected chi connectivity index (χ3v) is 6.51. The summed E-state index contributed by atoms with van der Waals surface area (Å²) in [4.78, 5) is 27.9. The Balaban J connectivity index is 2.46. The molecule has 7 nitrogen and oxygen atoms in total. The zero-order chi connectivity index (χ0) is 25.6. The van der Waals surface area contributed by atoms with Gasteiger partial charge in [0.05, 0.1) is 11.9 Å². The van der Waals surface area contributed by atoms with E-state index >= 15 is 0 Å². The molecule has 0 aliphatic heterocycles. The number of sulfonamides is 1. The Morgan fingerprint density at radius 2 is 1.68 bits per heavy atom. The fourth-order valence-electron chi connectivity index (χ4n) is 3.77. The van der Waals surface area contributed by atoms with Gasteiger partial charge in [0.15, 0.2) is 0 Å². The minimum absolute atomic E-state index is 0.0353. The van der Waals surface area contributed by atoms with Gasteiger partial charge in [-0.1, -0.05) is 36.8 Å². The molecule has 1 unspecified atom stereocenters. The van der Waals surface area contributed by atoms with Gasteiger partial charge in [0.25, 0.3) is 0 Å². The third kappa shape index (κ3) is 7.28. The van der Waals surface area contributed by atoms with E-state index in [4.69, 9.17) is 0 Å². The number of rotatable bonds is 10. The Labute approximate surface area is 202 Å². The van der Waals surface area contributed by atoms with Crippen molar-refractivity contribution in [3.8, 4) is 0 Å². The molecule has 0 radical (unpaired) electrons. The summed E-state index contributed by atoms with van der Waals surface area (Å²) in [5, 5.41) is 2.83. The van der Waals surface area contributed by atoms with Crippen LogP contribution >= 0.6 is 0 Å². The Hall–Kier alpha value is -2.94. The van der Waals surface area contributed by atoms with Gasteiger partial charge in [0.1, 0.15) is 18.4 Å². The van der Waals surface area contributed by atoms with Gasteiger partial charge in [-0.2, -0.15) is 0 Å². The van der Waals surface area contributed by atoms with Crippen LogP contribution in [-0.4, -0.2) is 50.0 Å². The lowest BCUT2D eigenvalue weighted by atomic mass is 10.1. The van der Waals surface area contributed by atoms with Crippen LogP contribution in [0, 0.1) is 19.7 Å². The topological polar surface area (TPSA) is 86.8 Å². The molecule has 1 atom stereocenters. The highest BCUT2D eigenvalue weighted by Gasteiger charge is 2.32. The second-order valence-electron chi connectivity index (χ2n) is 8.80. The maximum Gasteiger partial charge on any atom is 0.244 e. The van der Waals surface area contributed by atoms with Crippen molar-refractivity contribution in [3.05, 3.63) is 65.0 Å². The van der Waals surface area contributed by atoms with Crippen LogP contribution in [0.2, 0.25) is 0 Å². The predicted molar refractivity (Wildman–Crippen MR) is 132 cm³/mol. The van der Waals surface area contributed by atoms with Crippen LogP contribution in [-0.2, 0) is 26.2 Å². The summed E-state index contributed by atoms with van der Waals surface area (Å²) in [6, 6.07) is 10.0. The van der Waals surface area contributed by atoms with E-state index in [1.807, 2.05) is 26.8 Å². The van der Waals surface area contributed by atoms with E-state index < -0.39 is 34.3 Å². The van der Waals surface area contributed by atoms with E-state index in [0.717, 1.165) is 16.1 Å². The quantitative estimate of drug-likeness (QED) is 0.551. The highest BCUT2D eigenvalue weighted by molar-refractivity contribution is 7.92. The van der Waals surface area contributed by atoms with Crippen LogP contribution in [0.1, 0.15) is 43.9 Å². The summed E-state index contributed by atoms with van der Waals surface area (Å²) >= 11 is 0. The number of aryl methyl sites for hydroxylation is 2. The zero-order valence-electron chi connectivity index (χ0n) is 20.6. The lowest BCUT2D eigenvalue weighted by Crippen LogP contribution is -2.53. The lowest BCUT2D eigenvalue weighted by molar-refractivity contribution is -0.140. The molecule has 34 heavy (non-hydrogen) atoms. The van der Waals surface area contributed by atoms with Gasteiger partial charge in [-0.15, -0.1) is 0 Å². The second-order valence-corrected chi connectivity index (χ2v) is 10.7. The number of nitrogens with zero attached hydrogens (tertiary/aromatic N) is 2. The normalized spacial score (nSPS) is 12.4. The summed E-state index contributed by atoms with van der Waals surface area (Å²) in [6.07, 6.45) is 1.38. The average molecular weight is 492 g/mol. The largest absolute Gasteiger partial charge is 0.352 e. The van der Waals surface area contributed by atoms with Crippen molar-refractivity contribution >= 4 is 27.5 Å². The molecule has 2 aromatic rings. The first-order valence-electron chi connectivity index (χ1n) is 11.2. The number of carbonyl (C=O) groups is 2. The highest BCUT2D eigenvalue weighted by atomic mass is 32.2. The van der Waals surface area contributed by atoms with Crippen molar-refractivity contribution in [2.75, 3.05) is 17.1 Å². The predicted octanol–water partition coefficient (Wildman–Crippen LogP) is 3.54. The van der Waals surface area contributed by atoms with Crippen molar-refractivity contribution in [1.82, 2.24) is 10.2 Å². The number of hydrogen-bond acceptors (Lipinski definition) is 4. The molecule has 2 aromatic carbocycles. The Kier molecular flexibility index (Phi) is 9.21. The molecule has 0 saturated heterocycles. The van der Waals surface area contributed by atoms with E-state index in [9.17, 15) is 22.4 Å². The van der Waals surface area contributed by atoms with Crippen molar-refractivity contribution in [1.29, 1.82) is 0 Å². The van der Waals surface area contributed by atoms with E-state index in [-0.39, 0.29) is 18.5 Å². The first-order valence-corrected chi connectivity index (χ1v) is 13.1. The SMILES string of the molecule is CCC(C(=O)NC(C)C)N(Cc1ccc(F)cc1)C(=O)CN(c1ccc(C)cc1C)S(C)(=O)=O. The molecule has 0 bridgehead atoms. The summed E-state index contributed by atoms with van der Waals surface area (Å²) in [5.74, 6) is -1.27. The molecule has 0 saturated carbocycles. The van der Waals surface area contributed by atoms with Crippen molar-refractivity contribution in [2.45, 2.75) is 59.7 Å². The molecule has 2 amide bonds. The minimum atomic E-state index is -3.80. The molecular weight excluding hydrogens is 457 g/mol.